The van der Waals surface area contributed by atoms with E-state index in [2.05, 4.69) is 30.6 Å². The normalized spacial score (nSPS) is 19.9. The molecule has 2 heteroatoms. The summed E-state index contributed by atoms with van der Waals surface area (Å²) in [6, 6.07) is 0.618. The zero-order valence-corrected chi connectivity index (χ0v) is 9.68. The molecule has 1 unspecified atom stereocenters. The summed E-state index contributed by atoms with van der Waals surface area (Å²) in [4.78, 5) is 2.55. The maximum Gasteiger partial charge on any atom is 0.0166 e. The monoisotopic (exact) mass is 196 g/mol. The Morgan fingerprint density at radius 2 is 2.07 bits per heavy atom. The van der Waals surface area contributed by atoms with E-state index in [1.54, 1.807) is 0 Å². The minimum Gasteiger partial charge on any atom is -0.313 e. The van der Waals surface area contributed by atoms with Gasteiger partial charge in [-0.05, 0) is 52.7 Å². The molecule has 0 spiro atoms. The topological polar surface area (TPSA) is 15.3 Å². The summed E-state index contributed by atoms with van der Waals surface area (Å²) < 4.78 is 0. The van der Waals surface area contributed by atoms with Crippen molar-refractivity contribution in [2.24, 2.45) is 0 Å². The van der Waals surface area contributed by atoms with Crippen LogP contribution in [-0.4, -0.2) is 37.1 Å². The molecule has 1 rings (SSSR count). The highest BCUT2D eigenvalue weighted by molar-refractivity contribution is 4.88. The van der Waals surface area contributed by atoms with Gasteiger partial charge in [-0.15, -0.1) is 6.58 Å². The van der Waals surface area contributed by atoms with E-state index in [-0.39, 0.29) is 0 Å². The molecule has 1 atom stereocenters. The first kappa shape index (κ1) is 11.7. The van der Waals surface area contributed by atoms with Crippen molar-refractivity contribution in [3.63, 3.8) is 0 Å². The number of nitrogens with zero attached hydrogens (tertiary/aromatic N) is 1. The van der Waals surface area contributed by atoms with Crippen LogP contribution in [0.1, 0.15) is 33.1 Å². The van der Waals surface area contributed by atoms with Gasteiger partial charge in [-0.1, -0.05) is 5.57 Å². The third kappa shape index (κ3) is 4.77. The van der Waals surface area contributed by atoms with Gasteiger partial charge in [0.05, 0.1) is 0 Å². The van der Waals surface area contributed by atoms with Gasteiger partial charge in [0.25, 0.3) is 0 Å². The largest absolute Gasteiger partial charge is 0.313 e. The summed E-state index contributed by atoms with van der Waals surface area (Å²) in [6.07, 6.45) is 3.88. The van der Waals surface area contributed by atoms with Gasteiger partial charge in [0, 0.05) is 12.6 Å². The second kappa shape index (κ2) is 6.20. The lowest BCUT2D eigenvalue weighted by Crippen LogP contribution is -2.38. The van der Waals surface area contributed by atoms with E-state index in [9.17, 15) is 0 Å². The highest BCUT2D eigenvalue weighted by Gasteiger charge is 2.13. The molecule has 0 radical (unpaired) electrons. The quantitative estimate of drug-likeness (QED) is 0.654. The first-order valence-corrected chi connectivity index (χ1v) is 5.78. The van der Waals surface area contributed by atoms with Crippen molar-refractivity contribution in [3.8, 4) is 0 Å². The van der Waals surface area contributed by atoms with E-state index in [1.807, 2.05) is 0 Å². The fourth-order valence-corrected chi connectivity index (χ4v) is 1.95. The van der Waals surface area contributed by atoms with Gasteiger partial charge in [0.2, 0.25) is 0 Å². The van der Waals surface area contributed by atoms with Crippen LogP contribution in [0.25, 0.3) is 0 Å². The number of hydrogen-bond acceptors (Lipinski definition) is 2. The minimum atomic E-state index is 0.618. The van der Waals surface area contributed by atoms with E-state index in [0.29, 0.717) is 6.04 Å². The molecule has 1 saturated heterocycles. The fourth-order valence-electron chi connectivity index (χ4n) is 1.95. The zero-order chi connectivity index (χ0) is 10.4. The second-order valence-electron chi connectivity index (χ2n) is 4.57. The first-order chi connectivity index (χ1) is 6.68. The van der Waals surface area contributed by atoms with Gasteiger partial charge in [-0.2, -0.15) is 0 Å². The molecule has 0 bridgehead atoms. The van der Waals surface area contributed by atoms with Crippen molar-refractivity contribution in [1.82, 2.24) is 10.2 Å². The Labute approximate surface area is 88.4 Å². The predicted octanol–water partition coefficient (Wildman–Crippen LogP) is 2.03. The maximum absolute atomic E-state index is 3.90. The molecule has 0 aromatic heterocycles. The molecule has 2 nitrogen and oxygen atoms in total. The third-order valence-electron chi connectivity index (χ3n) is 2.78. The van der Waals surface area contributed by atoms with E-state index >= 15 is 0 Å². The summed E-state index contributed by atoms with van der Waals surface area (Å²) in [5.74, 6) is 0. The van der Waals surface area contributed by atoms with Crippen molar-refractivity contribution in [3.05, 3.63) is 12.2 Å². The summed E-state index contributed by atoms with van der Waals surface area (Å²) in [6.45, 7) is 13.1. The summed E-state index contributed by atoms with van der Waals surface area (Å²) in [5, 5.41) is 3.54. The zero-order valence-electron chi connectivity index (χ0n) is 9.68. The lowest BCUT2D eigenvalue weighted by Gasteiger charge is -2.21. The number of rotatable bonds is 6. The predicted molar refractivity (Wildman–Crippen MR) is 62.6 cm³/mol. The van der Waals surface area contributed by atoms with E-state index < -0.39 is 0 Å². The highest BCUT2D eigenvalue weighted by atomic mass is 15.2. The molecule has 14 heavy (non-hydrogen) atoms. The molecular formula is C12H24N2. The van der Waals surface area contributed by atoms with Gasteiger partial charge in [-0.3, -0.25) is 0 Å². The highest BCUT2D eigenvalue weighted by Crippen LogP contribution is 2.07. The Bertz CT molecular complexity index is 171. The molecular weight excluding hydrogens is 172 g/mol. The molecule has 1 N–H and O–H groups in total. The first-order valence-electron chi connectivity index (χ1n) is 5.78. The van der Waals surface area contributed by atoms with Crippen LogP contribution in [0.3, 0.4) is 0 Å². The number of nitrogens with one attached hydrogen (secondary N) is 1. The van der Waals surface area contributed by atoms with E-state index in [0.717, 1.165) is 13.0 Å². The van der Waals surface area contributed by atoms with Crippen molar-refractivity contribution < 1.29 is 0 Å². The summed E-state index contributed by atoms with van der Waals surface area (Å²) in [7, 11) is 0. The van der Waals surface area contributed by atoms with Crippen LogP contribution in [0.5, 0.6) is 0 Å². The van der Waals surface area contributed by atoms with Gasteiger partial charge < -0.3 is 10.2 Å². The Morgan fingerprint density at radius 3 is 2.64 bits per heavy atom. The van der Waals surface area contributed by atoms with Crippen LogP contribution in [0.15, 0.2) is 12.2 Å². The molecule has 82 valence electrons. The van der Waals surface area contributed by atoms with Crippen LogP contribution < -0.4 is 5.32 Å². The molecule has 0 aromatic rings. The van der Waals surface area contributed by atoms with E-state index in [1.165, 1.54) is 38.0 Å². The van der Waals surface area contributed by atoms with Crippen molar-refractivity contribution in [1.29, 1.82) is 0 Å². The van der Waals surface area contributed by atoms with Gasteiger partial charge >= 0.3 is 0 Å². The number of likely N-dealkylation sites (tertiary alicyclic amines) is 1. The Hall–Kier alpha value is -0.340. The van der Waals surface area contributed by atoms with Gasteiger partial charge in [0.1, 0.15) is 0 Å². The lowest BCUT2D eigenvalue weighted by molar-refractivity contribution is 0.299. The van der Waals surface area contributed by atoms with Crippen LogP contribution in [0, 0.1) is 0 Å². The molecule has 0 aliphatic carbocycles. The van der Waals surface area contributed by atoms with Crippen LogP contribution in [0.4, 0.5) is 0 Å². The van der Waals surface area contributed by atoms with Crippen molar-refractivity contribution in [2.75, 3.05) is 26.2 Å². The van der Waals surface area contributed by atoms with Crippen molar-refractivity contribution in [2.45, 2.75) is 39.2 Å². The average Bonchev–Trinajstić information content (AvgIpc) is 2.56. The van der Waals surface area contributed by atoms with E-state index in [4.69, 9.17) is 0 Å². The standard InChI is InChI=1S/C12H24N2/c1-11(2)6-7-13-12(3)10-14-8-4-5-9-14/h12-13H,1,4-10H2,2-3H3. The molecule has 1 fully saturated rings. The smallest absolute Gasteiger partial charge is 0.0166 e. The van der Waals surface area contributed by atoms with Crippen LogP contribution >= 0.6 is 0 Å². The molecule has 1 aliphatic heterocycles. The molecule has 1 aliphatic rings. The third-order valence-corrected chi connectivity index (χ3v) is 2.78. The second-order valence-corrected chi connectivity index (χ2v) is 4.57. The number of hydrogen-bond donors (Lipinski definition) is 1. The SMILES string of the molecule is C=C(C)CCNC(C)CN1CCCC1. The summed E-state index contributed by atoms with van der Waals surface area (Å²) in [5.41, 5.74) is 1.27. The fraction of sp³-hybridized carbons (Fsp3) is 0.833. The van der Waals surface area contributed by atoms with Gasteiger partial charge in [0.15, 0.2) is 0 Å². The molecule has 0 amide bonds. The molecule has 0 aromatic carbocycles. The molecule has 0 saturated carbocycles. The molecule has 1 heterocycles. The summed E-state index contributed by atoms with van der Waals surface area (Å²) >= 11 is 0. The Morgan fingerprint density at radius 1 is 1.43 bits per heavy atom. The maximum atomic E-state index is 3.90. The van der Waals surface area contributed by atoms with Gasteiger partial charge in [-0.25, -0.2) is 0 Å². The Balaban J connectivity index is 2.03. The van der Waals surface area contributed by atoms with Crippen LogP contribution in [-0.2, 0) is 0 Å². The lowest BCUT2D eigenvalue weighted by atomic mass is 10.2. The minimum absolute atomic E-state index is 0.618. The average molecular weight is 196 g/mol. The van der Waals surface area contributed by atoms with Crippen molar-refractivity contribution >= 4 is 0 Å². The Kier molecular flexibility index (Phi) is 5.20. The van der Waals surface area contributed by atoms with Crippen LogP contribution in [0.2, 0.25) is 0 Å².